The van der Waals surface area contributed by atoms with Crippen LogP contribution in [0.4, 0.5) is 5.82 Å². The van der Waals surface area contributed by atoms with Crippen LogP contribution < -0.4 is 16.4 Å². The van der Waals surface area contributed by atoms with Gasteiger partial charge in [-0.25, -0.2) is 4.98 Å². The molecule has 0 spiro atoms. The molecular formula is C15H20N8. The van der Waals surface area contributed by atoms with Gasteiger partial charge in [-0.1, -0.05) is 0 Å². The minimum absolute atomic E-state index is 0.378. The summed E-state index contributed by atoms with van der Waals surface area (Å²) in [6.07, 6.45) is 6.40. The highest BCUT2D eigenvalue weighted by molar-refractivity contribution is 5.77. The van der Waals surface area contributed by atoms with Gasteiger partial charge >= 0.3 is 0 Å². The maximum absolute atomic E-state index is 6.16. The molecule has 1 fully saturated rings. The van der Waals surface area contributed by atoms with Crippen LogP contribution in [0.2, 0.25) is 0 Å². The fourth-order valence-corrected chi connectivity index (χ4v) is 3.02. The topological polar surface area (TPSA) is 98.1 Å². The lowest BCUT2D eigenvalue weighted by Gasteiger charge is -2.24. The van der Waals surface area contributed by atoms with E-state index in [4.69, 9.17) is 10.7 Å². The van der Waals surface area contributed by atoms with Gasteiger partial charge in [0.1, 0.15) is 5.82 Å². The van der Waals surface area contributed by atoms with E-state index in [1.807, 2.05) is 25.5 Å². The van der Waals surface area contributed by atoms with Gasteiger partial charge in [0.15, 0.2) is 5.65 Å². The molecule has 0 radical (unpaired) electrons. The Balaban J connectivity index is 1.72. The summed E-state index contributed by atoms with van der Waals surface area (Å²) in [5.74, 6) is 0.601. The molecule has 3 aromatic rings. The summed E-state index contributed by atoms with van der Waals surface area (Å²) in [7, 11) is 1.89. The van der Waals surface area contributed by atoms with Crippen molar-refractivity contribution < 1.29 is 0 Å². The molecule has 1 aliphatic rings. The predicted octanol–water partition coefficient (Wildman–Crippen LogP) is -0.184. The van der Waals surface area contributed by atoms with Gasteiger partial charge in [0.25, 0.3) is 0 Å². The molecule has 4 N–H and O–H groups in total. The van der Waals surface area contributed by atoms with Crippen molar-refractivity contribution in [1.29, 1.82) is 0 Å². The largest absolute Gasteiger partial charge is 0.384 e. The molecule has 0 unspecified atom stereocenters. The average Bonchev–Trinajstić information content (AvgIpc) is 3.14. The number of nitrogens with zero attached hydrogens (tertiary/aromatic N) is 5. The van der Waals surface area contributed by atoms with Crippen LogP contribution in [0.25, 0.3) is 16.8 Å². The van der Waals surface area contributed by atoms with Gasteiger partial charge in [0.2, 0.25) is 0 Å². The summed E-state index contributed by atoms with van der Waals surface area (Å²) >= 11 is 0. The van der Waals surface area contributed by atoms with Gasteiger partial charge < -0.3 is 16.4 Å². The van der Waals surface area contributed by atoms with Gasteiger partial charge in [-0.2, -0.15) is 14.7 Å². The number of nitrogens with one attached hydrogen (secondary N) is 2. The molecule has 0 saturated carbocycles. The first-order valence-corrected chi connectivity index (χ1v) is 7.77. The van der Waals surface area contributed by atoms with Crippen LogP contribution in [0.3, 0.4) is 0 Å². The number of aryl methyl sites for hydroxylation is 1. The van der Waals surface area contributed by atoms with E-state index < -0.39 is 0 Å². The third kappa shape index (κ3) is 2.66. The Kier molecular flexibility index (Phi) is 3.47. The number of nitrogens with two attached hydrogens (primary N) is 1. The fourth-order valence-electron chi connectivity index (χ4n) is 3.02. The summed E-state index contributed by atoms with van der Waals surface area (Å²) in [6, 6.07) is 2.28. The van der Waals surface area contributed by atoms with Gasteiger partial charge in [-0.3, -0.25) is 4.68 Å². The first kappa shape index (κ1) is 14.2. The van der Waals surface area contributed by atoms with E-state index in [9.17, 15) is 0 Å². The van der Waals surface area contributed by atoms with Gasteiger partial charge in [0.05, 0.1) is 12.4 Å². The van der Waals surface area contributed by atoms with E-state index >= 15 is 0 Å². The van der Waals surface area contributed by atoms with Crippen LogP contribution in [-0.4, -0.2) is 50.1 Å². The van der Waals surface area contributed by atoms with Crippen molar-refractivity contribution in [3.05, 3.63) is 30.4 Å². The number of anilines is 1. The van der Waals surface area contributed by atoms with E-state index in [1.165, 1.54) is 0 Å². The second-order valence-corrected chi connectivity index (χ2v) is 5.93. The van der Waals surface area contributed by atoms with Crippen LogP contribution in [0.1, 0.15) is 5.69 Å². The zero-order chi connectivity index (χ0) is 15.8. The van der Waals surface area contributed by atoms with Crippen molar-refractivity contribution in [3.63, 3.8) is 0 Å². The molecule has 0 aromatic carbocycles. The Bertz CT molecular complexity index is 827. The molecule has 0 bridgehead atoms. The van der Waals surface area contributed by atoms with Crippen LogP contribution in [0.15, 0.2) is 24.7 Å². The standard InChI is InChI=1S/C15H20N8/c1-22-9-10(6-19-22)13-8-20-23-14(16)5-11(21-15(13)23)4-12-7-17-2-3-18-12/h5-6,8-9,12,17-18H,2-4,7,16H2,1H3/t12-/m0/s1. The lowest BCUT2D eigenvalue weighted by Crippen LogP contribution is -2.49. The third-order valence-corrected chi connectivity index (χ3v) is 4.15. The lowest BCUT2D eigenvalue weighted by molar-refractivity contribution is 0.414. The van der Waals surface area contributed by atoms with E-state index in [-0.39, 0.29) is 0 Å². The van der Waals surface area contributed by atoms with E-state index in [0.29, 0.717) is 11.9 Å². The minimum atomic E-state index is 0.378. The van der Waals surface area contributed by atoms with Crippen molar-refractivity contribution in [3.8, 4) is 11.1 Å². The predicted molar refractivity (Wildman–Crippen MR) is 88.0 cm³/mol. The zero-order valence-electron chi connectivity index (χ0n) is 13.0. The molecule has 1 aliphatic heterocycles. The molecule has 3 aromatic heterocycles. The molecule has 4 rings (SSSR count). The Morgan fingerprint density at radius 2 is 2.22 bits per heavy atom. The maximum Gasteiger partial charge on any atom is 0.165 e. The highest BCUT2D eigenvalue weighted by Gasteiger charge is 2.17. The second-order valence-electron chi connectivity index (χ2n) is 5.93. The summed E-state index contributed by atoms with van der Waals surface area (Å²) in [5, 5.41) is 15.5. The molecule has 0 aliphatic carbocycles. The van der Waals surface area contributed by atoms with Crippen LogP contribution >= 0.6 is 0 Å². The molecule has 1 atom stereocenters. The minimum Gasteiger partial charge on any atom is -0.384 e. The summed E-state index contributed by atoms with van der Waals surface area (Å²) in [4.78, 5) is 4.79. The lowest BCUT2D eigenvalue weighted by atomic mass is 10.1. The maximum atomic E-state index is 6.16. The quantitative estimate of drug-likeness (QED) is 0.620. The number of piperazine rings is 1. The highest BCUT2D eigenvalue weighted by atomic mass is 15.3. The summed E-state index contributed by atoms with van der Waals surface area (Å²) in [5.41, 5.74) is 9.85. The zero-order valence-corrected chi connectivity index (χ0v) is 13.0. The van der Waals surface area contributed by atoms with Crippen molar-refractivity contribution >= 4 is 11.5 Å². The van der Waals surface area contributed by atoms with Crippen LogP contribution in [0, 0.1) is 0 Å². The average molecular weight is 312 g/mol. The second kappa shape index (κ2) is 5.64. The Morgan fingerprint density at radius 1 is 1.30 bits per heavy atom. The molecule has 8 heteroatoms. The number of hydrogen-bond acceptors (Lipinski definition) is 6. The molecule has 4 heterocycles. The molecule has 8 nitrogen and oxygen atoms in total. The first-order valence-electron chi connectivity index (χ1n) is 7.77. The summed E-state index contributed by atoms with van der Waals surface area (Å²) in [6.45, 7) is 2.94. The SMILES string of the molecule is Cn1cc(-c2cnn3c(N)cc(C[C@H]4CNCCN4)nc23)cn1. The molecule has 23 heavy (non-hydrogen) atoms. The fraction of sp³-hybridized carbons (Fsp3) is 0.400. The van der Waals surface area contributed by atoms with Crippen molar-refractivity contribution in [2.75, 3.05) is 25.4 Å². The number of rotatable bonds is 3. The Hall–Kier alpha value is -2.45. The van der Waals surface area contributed by atoms with E-state index in [2.05, 4.69) is 20.8 Å². The van der Waals surface area contributed by atoms with Crippen LogP contribution in [0.5, 0.6) is 0 Å². The Morgan fingerprint density at radius 3 is 2.96 bits per heavy atom. The number of aromatic nitrogens is 5. The molecule has 1 saturated heterocycles. The molecule has 0 amide bonds. The highest BCUT2D eigenvalue weighted by Crippen LogP contribution is 2.24. The monoisotopic (exact) mass is 312 g/mol. The van der Waals surface area contributed by atoms with Gasteiger partial charge in [-0.05, 0) is 0 Å². The number of hydrogen-bond donors (Lipinski definition) is 3. The normalized spacial score (nSPS) is 18.6. The Labute approximate surface area is 133 Å². The summed E-state index contributed by atoms with van der Waals surface area (Å²) < 4.78 is 3.45. The smallest absolute Gasteiger partial charge is 0.165 e. The number of nitrogen functional groups attached to an aromatic ring is 1. The molecule has 120 valence electrons. The third-order valence-electron chi connectivity index (χ3n) is 4.15. The van der Waals surface area contributed by atoms with Crippen molar-refractivity contribution in [2.24, 2.45) is 7.05 Å². The van der Waals surface area contributed by atoms with Crippen molar-refractivity contribution in [2.45, 2.75) is 12.5 Å². The first-order chi connectivity index (χ1) is 11.2. The van der Waals surface area contributed by atoms with E-state index in [0.717, 1.165) is 48.5 Å². The van der Waals surface area contributed by atoms with Gasteiger partial charge in [0, 0.05) is 68.2 Å². The van der Waals surface area contributed by atoms with E-state index in [1.54, 1.807) is 15.4 Å². The molecular weight excluding hydrogens is 292 g/mol. The number of fused-ring (bicyclic) bond motifs is 1. The van der Waals surface area contributed by atoms with Crippen molar-refractivity contribution in [1.82, 2.24) is 35.0 Å². The van der Waals surface area contributed by atoms with Crippen LogP contribution in [-0.2, 0) is 13.5 Å². The van der Waals surface area contributed by atoms with Gasteiger partial charge in [-0.15, -0.1) is 0 Å².